The molecule has 25 heavy (non-hydrogen) atoms. The zero-order valence-corrected chi connectivity index (χ0v) is 14.9. The molecule has 1 saturated carbocycles. The Labute approximate surface area is 148 Å². The zero-order chi connectivity index (χ0) is 17.4. The van der Waals surface area contributed by atoms with Crippen LogP contribution in [-0.4, -0.2) is 37.1 Å². The minimum Gasteiger partial charge on any atom is -0.497 e. The van der Waals surface area contributed by atoms with Crippen molar-refractivity contribution in [3.05, 3.63) is 29.8 Å². The van der Waals surface area contributed by atoms with E-state index in [4.69, 9.17) is 9.72 Å². The van der Waals surface area contributed by atoms with Gasteiger partial charge in [0.15, 0.2) is 0 Å². The lowest BCUT2D eigenvalue weighted by Gasteiger charge is -2.33. The summed E-state index contributed by atoms with van der Waals surface area (Å²) in [6.45, 7) is 3.82. The third-order valence-corrected chi connectivity index (χ3v) is 5.25. The lowest BCUT2D eigenvalue weighted by Crippen LogP contribution is -2.44. The molecule has 1 atom stereocenters. The van der Waals surface area contributed by atoms with Crippen LogP contribution in [0.25, 0.3) is 10.9 Å². The maximum Gasteiger partial charge on any atom is 0.225 e. The van der Waals surface area contributed by atoms with Gasteiger partial charge in [0, 0.05) is 30.6 Å². The highest BCUT2D eigenvalue weighted by Gasteiger charge is 2.31. The van der Waals surface area contributed by atoms with Crippen molar-refractivity contribution in [2.75, 3.05) is 25.1 Å². The molecule has 4 rings (SSSR count). The van der Waals surface area contributed by atoms with Gasteiger partial charge in [-0.25, -0.2) is 4.98 Å². The molecular formula is C20H25N3O2. The van der Waals surface area contributed by atoms with Gasteiger partial charge in [0.1, 0.15) is 11.6 Å². The second-order valence-corrected chi connectivity index (χ2v) is 7.25. The number of carbonyl (C=O) groups excluding carboxylic acids is 1. The van der Waals surface area contributed by atoms with Gasteiger partial charge in [-0.1, -0.05) is 0 Å². The van der Waals surface area contributed by atoms with E-state index in [-0.39, 0.29) is 11.8 Å². The molecule has 0 radical (unpaired) electrons. The van der Waals surface area contributed by atoms with Crippen molar-refractivity contribution in [1.29, 1.82) is 0 Å². The molecule has 0 bridgehead atoms. The van der Waals surface area contributed by atoms with Crippen molar-refractivity contribution in [3.63, 3.8) is 0 Å². The van der Waals surface area contributed by atoms with Gasteiger partial charge in [-0.3, -0.25) is 4.79 Å². The van der Waals surface area contributed by atoms with E-state index in [2.05, 4.69) is 29.3 Å². The fourth-order valence-corrected chi connectivity index (χ4v) is 3.60. The van der Waals surface area contributed by atoms with E-state index < -0.39 is 0 Å². The Kier molecular flexibility index (Phi) is 4.24. The Hall–Kier alpha value is -2.30. The molecule has 1 unspecified atom stereocenters. The van der Waals surface area contributed by atoms with Gasteiger partial charge in [-0.2, -0.15) is 0 Å². The van der Waals surface area contributed by atoms with Crippen LogP contribution in [-0.2, 0) is 4.79 Å². The summed E-state index contributed by atoms with van der Waals surface area (Å²) in [6, 6.07) is 8.57. The number of fused-ring (bicyclic) bond motifs is 1. The number of amides is 1. The highest BCUT2D eigenvalue weighted by atomic mass is 16.5. The van der Waals surface area contributed by atoms with Crippen molar-refractivity contribution in [1.82, 2.24) is 10.3 Å². The van der Waals surface area contributed by atoms with E-state index in [9.17, 15) is 4.79 Å². The molecule has 2 heterocycles. The summed E-state index contributed by atoms with van der Waals surface area (Å²) in [5.41, 5.74) is 2.14. The van der Waals surface area contributed by atoms with Gasteiger partial charge in [-0.15, -0.1) is 0 Å². The predicted molar refractivity (Wildman–Crippen MR) is 99.1 cm³/mol. The number of carbonyl (C=O) groups is 1. The number of nitrogens with one attached hydrogen (secondary N) is 1. The summed E-state index contributed by atoms with van der Waals surface area (Å²) in [4.78, 5) is 19.5. The minimum atomic E-state index is 0.0671. The van der Waals surface area contributed by atoms with E-state index in [1.807, 2.05) is 12.1 Å². The molecule has 1 aliphatic heterocycles. The SMILES string of the molecule is COc1ccc2c(C)cc(N3CCCC(C(=O)NC4CC4)C3)nc2c1. The summed E-state index contributed by atoms with van der Waals surface area (Å²) >= 11 is 0. The van der Waals surface area contributed by atoms with E-state index >= 15 is 0 Å². The number of anilines is 1. The quantitative estimate of drug-likeness (QED) is 0.930. The largest absolute Gasteiger partial charge is 0.497 e. The van der Waals surface area contributed by atoms with Crippen molar-refractivity contribution in [2.24, 2.45) is 5.92 Å². The molecule has 132 valence electrons. The van der Waals surface area contributed by atoms with Crippen LogP contribution in [0.15, 0.2) is 24.3 Å². The number of pyridine rings is 1. The van der Waals surface area contributed by atoms with Gasteiger partial charge in [0.25, 0.3) is 0 Å². The first-order chi connectivity index (χ1) is 12.1. The number of methoxy groups -OCH3 is 1. The second-order valence-electron chi connectivity index (χ2n) is 7.25. The van der Waals surface area contributed by atoms with Gasteiger partial charge >= 0.3 is 0 Å². The summed E-state index contributed by atoms with van der Waals surface area (Å²) < 4.78 is 5.33. The first-order valence-electron chi connectivity index (χ1n) is 9.15. The summed E-state index contributed by atoms with van der Waals surface area (Å²) in [6.07, 6.45) is 4.26. The maximum atomic E-state index is 12.4. The number of hydrogen-bond donors (Lipinski definition) is 1. The van der Waals surface area contributed by atoms with Crippen LogP contribution < -0.4 is 15.0 Å². The van der Waals surface area contributed by atoms with Crippen LogP contribution in [0.4, 0.5) is 5.82 Å². The fraction of sp³-hybridized carbons (Fsp3) is 0.500. The van der Waals surface area contributed by atoms with Crippen LogP contribution in [0.1, 0.15) is 31.2 Å². The van der Waals surface area contributed by atoms with Crippen molar-refractivity contribution < 1.29 is 9.53 Å². The number of ether oxygens (including phenoxy) is 1. The number of benzene rings is 1. The molecule has 1 N–H and O–H groups in total. The van der Waals surface area contributed by atoms with Crippen LogP contribution in [0.5, 0.6) is 5.75 Å². The third kappa shape index (κ3) is 3.41. The molecular weight excluding hydrogens is 314 g/mol. The molecule has 1 amide bonds. The highest BCUT2D eigenvalue weighted by Crippen LogP contribution is 2.29. The maximum absolute atomic E-state index is 12.4. The van der Waals surface area contributed by atoms with E-state index in [1.54, 1.807) is 7.11 Å². The molecule has 1 aromatic carbocycles. The molecule has 1 aromatic heterocycles. The van der Waals surface area contributed by atoms with Gasteiger partial charge < -0.3 is 15.0 Å². The van der Waals surface area contributed by atoms with Crippen molar-refractivity contribution in [2.45, 2.75) is 38.6 Å². The van der Waals surface area contributed by atoms with Crippen LogP contribution in [0, 0.1) is 12.8 Å². The minimum absolute atomic E-state index is 0.0671. The first-order valence-corrected chi connectivity index (χ1v) is 9.15. The normalized spacial score (nSPS) is 20.6. The molecule has 2 aromatic rings. The number of rotatable bonds is 4. The smallest absolute Gasteiger partial charge is 0.225 e. The Morgan fingerprint density at radius 2 is 2.12 bits per heavy atom. The Balaban J connectivity index is 1.58. The summed E-state index contributed by atoms with van der Waals surface area (Å²) in [5.74, 6) is 2.06. The van der Waals surface area contributed by atoms with Crippen molar-refractivity contribution in [3.8, 4) is 5.75 Å². The number of aryl methyl sites for hydroxylation is 1. The van der Waals surface area contributed by atoms with Crippen LogP contribution in [0.3, 0.4) is 0 Å². The van der Waals surface area contributed by atoms with Gasteiger partial charge in [-0.05, 0) is 56.4 Å². The molecule has 0 spiro atoms. The molecule has 2 fully saturated rings. The fourth-order valence-electron chi connectivity index (χ4n) is 3.60. The average molecular weight is 339 g/mol. The summed E-state index contributed by atoms with van der Waals surface area (Å²) in [7, 11) is 1.67. The molecule has 5 nitrogen and oxygen atoms in total. The van der Waals surface area contributed by atoms with Crippen molar-refractivity contribution >= 4 is 22.6 Å². The van der Waals surface area contributed by atoms with Gasteiger partial charge in [0.2, 0.25) is 5.91 Å². The molecule has 1 saturated heterocycles. The molecule has 5 heteroatoms. The summed E-state index contributed by atoms with van der Waals surface area (Å²) in [5, 5.41) is 4.29. The second kappa shape index (κ2) is 6.54. The van der Waals surface area contributed by atoms with Gasteiger partial charge in [0.05, 0.1) is 18.5 Å². The number of aromatic nitrogens is 1. The van der Waals surface area contributed by atoms with Crippen LogP contribution in [0.2, 0.25) is 0 Å². The topological polar surface area (TPSA) is 54.5 Å². The zero-order valence-electron chi connectivity index (χ0n) is 14.9. The average Bonchev–Trinajstić information content (AvgIpc) is 3.45. The van der Waals surface area contributed by atoms with E-state index in [1.165, 1.54) is 5.56 Å². The standard InChI is InChI=1S/C20H25N3O2/c1-13-10-19(22-18-11-16(25-2)7-8-17(13)18)23-9-3-4-14(12-23)20(24)21-15-5-6-15/h7-8,10-11,14-15H,3-6,9,12H2,1-2H3,(H,21,24). The highest BCUT2D eigenvalue weighted by molar-refractivity contribution is 5.85. The Morgan fingerprint density at radius 3 is 2.88 bits per heavy atom. The lowest BCUT2D eigenvalue weighted by molar-refractivity contribution is -0.125. The van der Waals surface area contributed by atoms with E-state index in [0.29, 0.717) is 6.04 Å². The number of hydrogen-bond acceptors (Lipinski definition) is 4. The lowest BCUT2D eigenvalue weighted by atomic mass is 9.97. The van der Waals surface area contributed by atoms with E-state index in [0.717, 1.165) is 61.2 Å². The predicted octanol–water partition coefficient (Wildman–Crippen LogP) is 3.05. The first kappa shape index (κ1) is 16.2. The Morgan fingerprint density at radius 1 is 1.28 bits per heavy atom. The molecule has 1 aliphatic carbocycles. The third-order valence-electron chi connectivity index (χ3n) is 5.25. The number of piperidine rings is 1. The van der Waals surface area contributed by atoms with Crippen LogP contribution >= 0.6 is 0 Å². The monoisotopic (exact) mass is 339 g/mol. The Bertz CT molecular complexity index is 801. The number of nitrogens with zero attached hydrogens (tertiary/aromatic N) is 2. The molecule has 2 aliphatic rings.